The Bertz CT molecular complexity index is 1610. The molecule has 0 bridgehead atoms. The van der Waals surface area contributed by atoms with Crippen molar-refractivity contribution >= 4 is 17.9 Å². The van der Waals surface area contributed by atoms with E-state index in [1.807, 2.05) is 6.08 Å². The van der Waals surface area contributed by atoms with Gasteiger partial charge in [0.25, 0.3) is 0 Å². The van der Waals surface area contributed by atoms with Crippen LogP contribution in [0.2, 0.25) is 0 Å². The van der Waals surface area contributed by atoms with Crippen LogP contribution in [-0.4, -0.2) is 37.2 Å². The summed E-state index contributed by atoms with van der Waals surface area (Å²) in [7, 11) is 0. The van der Waals surface area contributed by atoms with Gasteiger partial charge in [0.2, 0.25) is 0 Å². The van der Waals surface area contributed by atoms with E-state index in [0.29, 0.717) is 6.42 Å². The summed E-state index contributed by atoms with van der Waals surface area (Å²) in [6.45, 7) is 6.34. The molecule has 0 radical (unpaired) electrons. The summed E-state index contributed by atoms with van der Waals surface area (Å²) < 4.78 is 16.8. The SMILES string of the molecule is CC/C=C\C/C=C\C/C=C\C/C=C\C/C=C\CC(=O)OCC(COC(=O)CCCCCCCCCCCCCCCCCCCCCCCCCCCCCCCC)OC(=O)CCCCCC/C=C\C/C=C\C/C=C\C/C=C\CC. The summed E-state index contributed by atoms with van der Waals surface area (Å²) in [4.78, 5) is 38.3. The van der Waals surface area contributed by atoms with Crippen LogP contribution < -0.4 is 0 Å². The van der Waals surface area contributed by atoms with Gasteiger partial charge in [-0.1, -0.05) is 329 Å². The lowest BCUT2D eigenvalue weighted by molar-refractivity contribution is -0.166. The minimum atomic E-state index is -0.833. The van der Waals surface area contributed by atoms with Crippen LogP contribution in [0.4, 0.5) is 0 Å². The molecule has 1 atom stereocenters. The molecule has 0 saturated carbocycles. The Morgan fingerprint density at radius 2 is 0.537 bits per heavy atom. The summed E-state index contributed by atoms with van der Waals surface area (Å²) in [5.74, 6) is -1.07. The quantitative estimate of drug-likeness (QED) is 0.0261. The molecule has 0 aliphatic carbocycles. The standard InChI is InChI=1S/C74H126O6/c1-4-7-10-13-16-19-22-25-28-30-31-32-33-34-35-36-37-38-39-40-41-42-44-46-49-52-55-58-61-64-67-73(76)79-70-71(69-78-72(75)66-63-60-57-54-51-48-45-27-24-21-18-15-12-9-6-3)80-74(77)68-65-62-59-56-53-50-47-43-29-26-23-20-17-14-11-8-5-2/h8-9,11-12,17-18,20-21,26-27,29,45,47,50-51,54,60,63,71H,4-7,10,13-16,19,22-25,28,30-44,46,48-49,52-53,55-59,61-62,64-70H2,1-3H3/b11-8-,12-9-,20-17-,21-18-,29-26-,45-27-,50-47-,54-51-,63-60-. The fraction of sp³-hybridized carbons (Fsp3) is 0.716. The molecule has 0 fully saturated rings. The van der Waals surface area contributed by atoms with Gasteiger partial charge in [0.1, 0.15) is 13.2 Å². The molecular formula is C74H126O6. The van der Waals surface area contributed by atoms with Gasteiger partial charge >= 0.3 is 17.9 Å². The van der Waals surface area contributed by atoms with Crippen LogP contribution in [0.15, 0.2) is 109 Å². The maximum atomic E-state index is 12.9. The molecule has 0 amide bonds. The number of rotatable bonds is 61. The van der Waals surface area contributed by atoms with Crippen LogP contribution in [0.25, 0.3) is 0 Å². The van der Waals surface area contributed by atoms with Gasteiger partial charge in [-0.05, 0) is 83.5 Å². The lowest BCUT2D eigenvalue weighted by atomic mass is 10.0. The average Bonchev–Trinajstić information content (AvgIpc) is 3.46. The van der Waals surface area contributed by atoms with Gasteiger partial charge in [-0.2, -0.15) is 0 Å². The third-order valence-corrected chi connectivity index (χ3v) is 14.6. The van der Waals surface area contributed by atoms with E-state index in [-0.39, 0.29) is 38.0 Å². The van der Waals surface area contributed by atoms with Crippen LogP contribution in [-0.2, 0) is 28.6 Å². The predicted octanol–water partition coefficient (Wildman–Crippen LogP) is 23.4. The molecule has 80 heavy (non-hydrogen) atoms. The maximum Gasteiger partial charge on any atom is 0.309 e. The molecule has 1 unspecified atom stereocenters. The topological polar surface area (TPSA) is 78.9 Å². The zero-order chi connectivity index (χ0) is 57.8. The molecule has 6 heteroatoms. The first-order chi connectivity index (χ1) is 39.5. The van der Waals surface area contributed by atoms with Crippen LogP contribution in [0.5, 0.6) is 0 Å². The van der Waals surface area contributed by atoms with E-state index in [1.165, 1.54) is 173 Å². The lowest BCUT2D eigenvalue weighted by Gasteiger charge is -2.18. The van der Waals surface area contributed by atoms with Gasteiger partial charge in [0.05, 0.1) is 6.42 Å². The van der Waals surface area contributed by atoms with Crippen LogP contribution in [0.3, 0.4) is 0 Å². The molecule has 0 saturated heterocycles. The van der Waals surface area contributed by atoms with Gasteiger partial charge in [-0.3, -0.25) is 14.4 Å². The molecular weight excluding hydrogens is 985 g/mol. The molecule has 0 rings (SSSR count). The normalized spacial score (nSPS) is 12.8. The van der Waals surface area contributed by atoms with E-state index >= 15 is 0 Å². The van der Waals surface area contributed by atoms with E-state index < -0.39 is 12.1 Å². The number of allylic oxidation sites excluding steroid dienone is 17. The summed E-state index contributed by atoms with van der Waals surface area (Å²) in [5, 5.41) is 0. The fourth-order valence-electron chi connectivity index (χ4n) is 9.57. The second kappa shape index (κ2) is 67.6. The van der Waals surface area contributed by atoms with Crippen molar-refractivity contribution in [3.63, 3.8) is 0 Å². The smallest absolute Gasteiger partial charge is 0.309 e. The van der Waals surface area contributed by atoms with Gasteiger partial charge in [0, 0.05) is 12.8 Å². The molecule has 458 valence electrons. The molecule has 0 aliphatic heterocycles. The molecule has 0 aliphatic rings. The Kier molecular flexibility index (Phi) is 64.3. The van der Waals surface area contributed by atoms with Gasteiger partial charge in [-0.25, -0.2) is 0 Å². The second-order valence-electron chi connectivity index (χ2n) is 22.3. The van der Waals surface area contributed by atoms with E-state index in [9.17, 15) is 14.4 Å². The number of hydrogen-bond acceptors (Lipinski definition) is 6. The minimum Gasteiger partial charge on any atom is -0.462 e. The van der Waals surface area contributed by atoms with Crippen molar-refractivity contribution in [2.75, 3.05) is 13.2 Å². The second-order valence-corrected chi connectivity index (χ2v) is 22.3. The monoisotopic (exact) mass is 1110 g/mol. The average molecular weight is 1110 g/mol. The Morgan fingerprint density at radius 1 is 0.275 bits per heavy atom. The Balaban J connectivity index is 4.29. The molecule has 0 aromatic heterocycles. The summed E-state index contributed by atoms with van der Waals surface area (Å²) in [6.07, 6.45) is 93.0. The molecule has 0 heterocycles. The molecule has 0 aromatic carbocycles. The van der Waals surface area contributed by atoms with Crippen molar-refractivity contribution in [3.8, 4) is 0 Å². The van der Waals surface area contributed by atoms with Gasteiger partial charge < -0.3 is 14.2 Å². The van der Waals surface area contributed by atoms with Crippen LogP contribution in [0.1, 0.15) is 323 Å². The van der Waals surface area contributed by atoms with Crippen molar-refractivity contribution < 1.29 is 28.6 Å². The Labute approximate surface area is 495 Å². The first-order valence-corrected chi connectivity index (χ1v) is 33.9. The van der Waals surface area contributed by atoms with Crippen molar-refractivity contribution in [1.29, 1.82) is 0 Å². The molecule has 0 aromatic rings. The molecule has 6 nitrogen and oxygen atoms in total. The van der Waals surface area contributed by atoms with Crippen molar-refractivity contribution in [3.05, 3.63) is 109 Å². The summed E-state index contributed by atoms with van der Waals surface area (Å²) in [5.41, 5.74) is 0. The van der Waals surface area contributed by atoms with Crippen molar-refractivity contribution in [1.82, 2.24) is 0 Å². The fourth-order valence-corrected chi connectivity index (χ4v) is 9.57. The zero-order valence-electron chi connectivity index (χ0n) is 52.6. The largest absolute Gasteiger partial charge is 0.462 e. The number of esters is 3. The van der Waals surface area contributed by atoms with Crippen LogP contribution >= 0.6 is 0 Å². The summed E-state index contributed by atoms with van der Waals surface area (Å²) >= 11 is 0. The third kappa shape index (κ3) is 64.9. The highest BCUT2D eigenvalue weighted by Crippen LogP contribution is 2.18. The highest BCUT2D eigenvalue weighted by Gasteiger charge is 2.19. The maximum absolute atomic E-state index is 12.9. The molecule has 0 spiro atoms. The van der Waals surface area contributed by atoms with E-state index in [4.69, 9.17) is 14.2 Å². The van der Waals surface area contributed by atoms with E-state index in [0.717, 1.165) is 109 Å². The third-order valence-electron chi connectivity index (χ3n) is 14.6. The van der Waals surface area contributed by atoms with E-state index in [2.05, 4.69) is 118 Å². The highest BCUT2D eigenvalue weighted by atomic mass is 16.6. The molecule has 0 N–H and O–H groups in total. The number of unbranched alkanes of at least 4 members (excludes halogenated alkanes) is 33. The Morgan fingerprint density at radius 3 is 0.875 bits per heavy atom. The minimum absolute atomic E-state index is 0.117. The first kappa shape index (κ1) is 76.1. The first-order valence-electron chi connectivity index (χ1n) is 33.9. The number of ether oxygens (including phenoxy) is 3. The van der Waals surface area contributed by atoms with Gasteiger partial charge in [-0.15, -0.1) is 0 Å². The van der Waals surface area contributed by atoms with Crippen LogP contribution in [0, 0.1) is 0 Å². The number of carbonyl (C=O) groups is 3. The van der Waals surface area contributed by atoms with Crippen molar-refractivity contribution in [2.24, 2.45) is 0 Å². The number of hydrogen-bond donors (Lipinski definition) is 0. The highest BCUT2D eigenvalue weighted by molar-refractivity contribution is 5.72. The van der Waals surface area contributed by atoms with Gasteiger partial charge in [0.15, 0.2) is 6.10 Å². The number of carbonyl (C=O) groups excluding carboxylic acids is 3. The van der Waals surface area contributed by atoms with E-state index in [1.54, 1.807) is 6.08 Å². The lowest BCUT2D eigenvalue weighted by Crippen LogP contribution is -2.30. The van der Waals surface area contributed by atoms with Crippen molar-refractivity contribution in [2.45, 2.75) is 329 Å². The predicted molar refractivity (Wildman–Crippen MR) is 348 cm³/mol. The Hall–Kier alpha value is -3.93. The summed E-state index contributed by atoms with van der Waals surface area (Å²) in [6, 6.07) is 0. The zero-order valence-corrected chi connectivity index (χ0v) is 52.6.